The zero-order valence-electron chi connectivity index (χ0n) is 11.4. The summed E-state index contributed by atoms with van der Waals surface area (Å²) in [5.74, 6) is -0.653. The highest BCUT2D eigenvalue weighted by molar-refractivity contribution is 5.84. The summed E-state index contributed by atoms with van der Waals surface area (Å²) in [6.45, 7) is -2.99. The van der Waals surface area contributed by atoms with Crippen LogP contribution < -0.4 is 15.9 Å². The quantitative estimate of drug-likeness (QED) is 0.472. The number of para-hydroxylation sites is 1. The zero-order valence-corrected chi connectivity index (χ0v) is 11.4. The number of nitrogens with one attached hydrogen (secondary N) is 1. The predicted molar refractivity (Wildman–Crippen MR) is 77.4 cm³/mol. The Labute approximate surface area is 128 Å². The fourth-order valence-corrected chi connectivity index (χ4v) is 1.61. The van der Waals surface area contributed by atoms with Crippen LogP contribution in [0.15, 0.2) is 35.7 Å². The van der Waals surface area contributed by atoms with Gasteiger partial charge in [-0.2, -0.15) is 13.9 Å². The van der Waals surface area contributed by atoms with E-state index in [2.05, 4.69) is 25.2 Å². The lowest BCUT2D eigenvalue weighted by atomic mass is 10.2. The third kappa shape index (κ3) is 4.06. The number of hydrogen-bond acceptors (Lipinski definition) is 8. The van der Waals surface area contributed by atoms with Gasteiger partial charge >= 0.3 is 12.3 Å². The molecule has 0 saturated heterocycles. The van der Waals surface area contributed by atoms with Gasteiger partial charge in [0.05, 0.1) is 11.1 Å². The summed E-state index contributed by atoms with van der Waals surface area (Å²) in [5, 5.41) is 14.6. The first-order valence-corrected chi connectivity index (χ1v) is 6.07. The van der Waals surface area contributed by atoms with Crippen molar-refractivity contribution in [2.24, 2.45) is 5.10 Å². The Morgan fingerprint density at radius 1 is 1.39 bits per heavy atom. The topological polar surface area (TPSA) is 129 Å². The van der Waals surface area contributed by atoms with Crippen molar-refractivity contribution in [3.05, 3.63) is 46.3 Å². The molecule has 1 heterocycles. The van der Waals surface area contributed by atoms with Crippen molar-refractivity contribution in [1.82, 2.24) is 9.97 Å². The maximum absolute atomic E-state index is 12.3. The summed E-state index contributed by atoms with van der Waals surface area (Å²) < 4.78 is 28.9. The number of nitro groups is 1. The Kier molecular flexibility index (Phi) is 4.92. The largest absolute Gasteiger partial charge is 0.434 e. The monoisotopic (exact) mass is 324 g/mol. The number of anilines is 2. The second-order valence-corrected chi connectivity index (χ2v) is 4.00. The van der Waals surface area contributed by atoms with Crippen LogP contribution in [0.2, 0.25) is 0 Å². The van der Waals surface area contributed by atoms with Crippen LogP contribution in [0.1, 0.15) is 5.56 Å². The van der Waals surface area contributed by atoms with E-state index in [0.717, 1.165) is 12.5 Å². The summed E-state index contributed by atoms with van der Waals surface area (Å²) in [7, 11) is 0. The van der Waals surface area contributed by atoms with Crippen LogP contribution in [0, 0.1) is 10.1 Å². The summed E-state index contributed by atoms with van der Waals surface area (Å²) in [4.78, 5) is 17.3. The van der Waals surface area contributed by atoms with Crippen LogP contribution in [0.4, 0.5) is 26.1 Å². The van der Waals surface area contributed by atoms with Gasteiger partial charge in [-0.15, -0.1) is 0 Å². The molecule has 0 aliphatic rings. The lowest BCUT2D eigenvalue weighted by Gasteiger charge is -2.07. The fraction of sp³-hybridized carbons (Fsp3) is 0.0833. The molecule has 0 spiro atoms. The predicted octanol–water partition coefficient (Wildman–Crippen LogP) is 2.01. The van der Waals surface area contributed by atoms with E-state index >= 15 is 0 Å². The summed E-state index contributed by atoms with van der Waals surface area (Å²) in [6.07, 6.45) is 2.17. The molecule has 0 aliphatic carbocycles. The number of hydrazone groups is 1. The van der Waals surface area contributed by atoms with Gasteiger partial charge in [0.25, 0.3) is 0 Å². The van der Waals surface area contributed by atoms with Crippen LogP contribution in [0.5, 0.6) is 5.75 Å². The molecule has 2 aromatic rings. The molecule has 3 N–H and O–H groups in total. The molecule has 0 bridgehead atoms. The SMILES string of the molecule is Nc1ncnc(N/N=C/c2ccccc2OC(F)F)c1[N+](=O)[O-]. The van der Waals surface area contributed by atoms with E-state index in [1.54, 1.807) is 6.07 Å². The number of nitrogens with two attached hydrogens (primary N) is 1. The minimum absolute atomic E-state index is 0.0928. The standard InChI is InChI=1S/C12H10F2N6O3/c13-12(14)23-8-4-2-1-3-7(8)5-18-19-11-9(20(21)22)10(15)16-6-17-11/h1-6,12H,(H3,15,16,17,19)/b18-5+. The number of benzene rings is 1. The van der Waals surface area contributed by atoms with E-state index in [4.69, 9.17) is 5.73 Å². The minimum Gasteiger partial charge on any atom is -0.434 e. The molecule has 0 fully saturated rings. The molecule has 0 atom stereocenters. The number of halogens is 2. The van der Waals surface area contributed by atoms with Crippen molar-refractivity contribution >= 4 is 23.5 Å². The van der Waals surface area contributed by atoms with Gasteiger partial charge < -0.3 is 10.5 Å². The van der Waals surface area contributed by atoms with E-state index in [9.17, 15) is 18.9 Å². The molecular formula is C12H10F2N6O3. The molecule has 1 aromatic heterocycles. The molecule has 2 rings (SSSR count). The molecule has 0 radical (unpaired) electrons. The third-order valence-electron chi connectivity index (χ3n) is 2.54. The Balaban J connectivity index is 2.21. The molecule has 120 valence electrons. The first-order valence-electron chi connectivity index (χ1n) is 6.07. The molecule has 1 aromatic carbocycles. The Morgan fingerprint density at radius 3 is 2.83 bits per heavy atom. The van der Waals surface area contributed by atoms with Gasteiger partial charge in [0, 0.05) is 5.56 Å². The third-order valence-corrected chi connectivity index (χ3v) is 2.54. The summed E-state index contributed by atoms with van der Waals surface area (Å²) in [6, 6.07) is 5.91. The maximum Gasteiger partial charge on any atom is 0.387 e. The van der Waals surface area contributed by atoms with Crippen molar-refractivity contribution in [2.45, 2.75) is 6.61 Å². The molecule has 0 saturated carbocycles. The smallest absolute Gasteiger partial charge is 0.387 e. The van der Waals surface area contributed by atoms with Crippen molar-refractivity contribution in [3.8, 4) is 5.75 Å². The molecule has 0 amide bonds. The van der Waals surface area contributed by atoms with Gasteiger partial charge in [-0.1, -0.05) is 12.1 Å². The highest BCUT2D eigenvalue weighted by Gasteiger charge is 2.20. The highest BCUT2D eigenvalue weighted by Crippen LogP contribution is 2.26. The van der Waals surface area contributed by atoms with Gasteiger partial charge in [-0.25, -0.2) is 9.97 Å². The number of aromatic nitrogens is 2. The summed E-state index contributed by atoms with van der Waals surface area (Å²) in [5.41, 5.74) is 7.41. The van der Waals surface area contributed by atoms with Gasteiger partial charge in [0.1, 0.15) is 12.1 Å². The lowest BCUT2D eigenvalue weighted by Crippen LogP contribution is -2.06. The molecular weight excluding hydrogens is 314 g/mol. The molecule has 9 nitrogen and oxygen atoms in total. The summed E-state index contributed by atoms with van der Waals surface area (Å²) >= 11 is 0. The van der Waals surface area contributed by atoms with Gasteiger partial charge in [-0.3, -0.25) is 15.5 Å². The van der Waals surface area contributed by atoms with E-state index in [0.29, 0.717) is 0 Å². The van der Waals surface area contributed by atoms with E-state index in [1.807, 2.05) is 0 Å². The number of rotatable bonds is 6. The second kappa shape index (κ2) is 7.06. The normalized spacial score (nSPS) is 10.9. The molecule has 23 heavy (non-hydrogen) atoms. The first-order chi connectivity index (χ1) is 11.0. The minimum atomic E-state index is -2.99. The van der Waals surface area contributed by atoms with Gasteiger partial charge in [0.2, 0.25) is 11.6 Å². The number of nitrogens with zero attached hydrogens (tertiary/aromatic N) is 4. The van der Waals surface area contributed by atoms with E-state index in [-0.39, 0.29) is 22.9 Å². The molecule has 11 heteroatoms. The van der Waals surface area contributed by atoms with Crippen molar-refractivity contribution < 1.29 is 18.4 Å². The van der Waals surface area contributed by atoms with E-state index < -0.39 is 17.2 Å². The number of ether oxygens (including phenoxy) is 1. The van der Waals surface area contributed by atoms with Crippen LogP contribution in [0.25, 0.3) is 0 Å². The van der Waals surface area contributed by atoms with Gasteiger partial charge in [-0.05, 0) is 12.1 Å². The van der Waals surface area contributed by atoms with Crippen LogP contribution in [0.3, 0.4) is 0 Å². The number of alkyl halides is 2. The molecule has 0 aliphatic heterocycles. The van der Waals surface area contributed by atoms with Crippen LogP contribution >= 0.6 is 0 Å². The average molecular weight is 324 g/mol. The van der Waals surface area contributed by atoms with Crippen LogP contribution in [-0.2, 0) is 0 Å². The first kappa shape index (κ1) is 16.0. The van der Waals surface area contributed by atoms with Crippen molar-refractivity contribution in [1.29, 1.82) is 0 Å². The van der Waals surface area contributed by atoms with Gasteiger partial charge in [0.15, 0.2) is 0 Å². The van der Waals surface area contributed by atoms with E-state index in [1.165, 1.54) is 18.2 Å². The highest BCUT2D eigenvalue weighted by atomic mass is 19.3. The molecule has 0 unspecified atom stereocenters. The van der Waals surface area contributed by atoms with Crippen molar-refractivity contribution in [3.63, 3.8) is 0 Å². The van der Waals surface area contributed by atoms with Crippen LogP contribution in [-0.4, -0.2) is 27.7 Å². The Morgan fingerprint density at radius 2 is 2.13 bits per heavy atom. The zero-order chi connectivity index (χ0) is 16.8. The lowest BCUT2D eigenvalue weighted by molar-refractivity contribution is -0.383. The average Bonchev–Trinajstić information content (AvgIpc) is 2.48. The maximum atomic E-state index is 12.3. The number of hydrogen-bond donors (Lipinski definition) is 2. The number of nitrogen functional groups attached to an aromatic ring is 1. The Bertz CT molecular complexity index is 740. The van der Waals surface area contributed by atoms with Crippen molar-refractivity contribution in [2.75, 3.05) is 11.2 Å². The second-order valence-electron chi connectivity index (χ2n) is 4.00. The Hall–Kier alpha value is -3.37. The fourth-order valence-electron chi connectivity index (χ4n) is 1.61.